The first kappa shape index (κ1) is 15.9. The van der Waals surface area contributed by atoms with Crippen LogP contribution in [0.2, 0.25) is 0 Å². The normalized spacial score (nSPS) is 10.6. The summed E-state index contributed by atoms with van der Waals surface area (Å²) < 4.78 is 18.0. The lowest BCUT2D eigenvalue weighted by molar-refractivity contribution is 0.284. The molecule has 124 valence electrons. The maximum absolute atomic E-state index is 12.3. The molecular weight excluding hydrogens is 306 g/mol. The standard InChI is InChI=1S/C19H19NO4/c1-20-8-7-14-10-17(23-3)18(11-16(14)19(20)21)24-12-13-5-4-6-15(9-13)22-2/h4-11H,12H2,1-3H3. The molecule has 5 nitrogen and oxygen atoms in total. The van der Waals surface area contributed by atoms with E-state index >= 15 is 0 Å². The highest BCUT2D eigenvalue weighted by molar-refractivity contribution is 5.85. The summed E-state index contributed by atoms with van der Waals surface area (Å²) >= 11 is 0. The smallest absolute Gasteiger partial charge is 0.258 e. The minimum Gasteiger partial charge on any atom is -0.497 e. The molecule has 0 unspecified atom stereocenters. The molecule has 0 radical (unpaired) electrons. The van der Waals surface area contributed by atoms with Gasteiger partial charge in [0.05, 0.1) is 19.6 Å². The van der Waals surface area contributed by atoms with Crippen LogP contribution < -0.4 is 19.8 Å². The van der Waals surface area contributed by atoms with Gasteiger partial charge >= 0.3 is 0 Å². The highest BCUT2D eigenvalue weighted by Gasteiger charge is 2.10. The molecule has 0 aliphatic carbocycles. The summed E-state index contributed by atoms with van der Waals surface area (Å²) in [5, 5.41) is 1.42. The van der Waals surface area contributed by atoms with Crippen LogP contribution in [0, 0.1) is 0 Å². The number of nitrogens with zero attached hydrogens (tertiary/aromatic N) is 1. The maximum Gasteiger partial charge on any atom is 0.258 e. The largest absolute Gasteiger partial charge is 0.497 e. The first-order valence-corrected chi connectivity index (χ1v) is 7.55. The second-order valence-corrected chi connectivity index (χ2v) is 5.46. The molecule has 0 bridgehead atoms. The fourth-order valence-electron chi connectivity index (χ4n) is 2.54. The van der Waals surface area contributed by atoms with E-state index in [1.165, 1.54) is 0 Å². The zero-order valence-electron chi connectivity index (χ0n) is 13.9. The van der Waals surface area contributed by atoms with Crippen molar-refractivity contribution in [2.75, 3.05) is 14.2 Å². The molecule has 0 aliphatic rings. The Kier molecular flexibility index (Phi) is 4.42. The van der Waals surface area contributed by atoms with Crippen molar-refractivity contribution < 1.29 is 14.2 Å². The quantitative estimate of drug-likeness (QED) is 0.723. The molecule has 0 atom stereocenters. The molecule has 3 rings (SSSR count). The zero-order chi connectivity index (χ0) is 17.1. The van der Waals surface area contributed by atoms with Crippen molar-refractivity contribution in [3.8, 4) is 17.2 Å². The number of aryl methyl sites for hydroxylation is 1. The number of hydrogen-bond acceptors (Lipinski definition) is 4. The van der Waals surface area contributed by atoms with Crippen LogP contribution in [-0.4, -0.2) is 18.8 Å². The molecule has 24 heavy (non-hydrogen) atoms. The second kappa shape index (κ2) is 6.66. The molecule has 5 heteroatoms. The van der Waals surface area contributed by atoms with Gasteiger partial charge in [-0.25, -0.2) is 0 Å². The number of rotatable bonds is 5. The lowest BCUT2D eigenvalue weighted by Gasteiger charge is -2.13. The fraction of sp³-hybridized carbons (Fsp3) is 0.211. The number of methoxy groups -OCH3 is 2. The number of pyridine rings is 1. The Morgan fingerprint density at radius 2 is 1.83 bits per heavy atom. The highest BCUT2D eigenvalue weighted by Crippen LogP contribution is 2.31. The van der Waals surface area contributed by atoms with E-state index in [0.29, 0.717) is 23.5 Å². The van der Waals surface area contributed by atoms with E-state index in [4.69, 9.17) is 14.2 Å². The predicted octanol–water partition coefficient (Wildman–Crippen LogP) is 3.13. The van der Waals surface area contributed by atoms with Crippen molar-refractivity contribution in [3.05, 3.63) is 64.6 Å². The van der Waals surface area contributed by atoms with E-state index in [1.807, 2.05) is 36.4 Å². The number of hydrogen-bond donors (Lipinski definition) is 0. The summed E-state index contributed by atoms with van der Waals surface area (Å²) in [4.78, 5) is 12.3. The van der Waals surface area contributed by atoms with E-state index in [1.54, 1.807) is 38.1 Å². The van der Waals surface area contributed by atoms with E-state index in [-0.39, 0.29) is 5.56 Å². The van der Waals surface area contributed by atoms with Gasteiger partial charge < -0.3 is 18.8 Å². The summed E-state index contributed by atoms with van der Waals surface area (Å²) in [6.45, 7) is 0.353. The van der Waals surface area contributed by atoms with Crippen molar-refractivity contribution in [1.29, 1.82) is 0 Å². The summed E-state index contributed by atoms with van der Waals surface area (Å²) in [6.07, 6.45) is 1.74. The van der Waals surface area contributed by atoms with E-state index in [2.05, 4.69) is 0 Å². The second-order valence-electron chi connectivity index (χ2n) is 5.46. The molecule has 1 aromatic heterocycles. The van der Waals surface area contributed by atoms with Gasteiger partial charge in [0.15, 0.2) is 11.5 Å². The Hall–Kier alpha value is -2.95. The monoisotopic (exact) mass is 325 g/mol. The summed E-state index contributed by atoms with van der Waals surface area (Å²) in [6, 6.07) is 13.1. The highest BCUT2D eigenvalue weighted by atomic mass is 16.5. The van der Waals surface area contributed by atoms with Gasteiger partial charge in [0.2, 0.25) is 0 Å². The van der Waals surface area contributed by atoms with Crippen LogP contribution in [0.25, 0.3) is 10.8 Å². The Morgan fingerprint density at radius 1 is 1.00 bits per heavy atom. The third kappa shape index (κ3) is 3.06. The SMILES string of the molecule is COc1cccc(COc2cc3c(=O)n(C)ccc3cc2OC)c1. The van der Waals surface area contributed by atoms with Gasteiger partial charge in [0.1, 0.15) is 12.4 Å². The van der Waals surface area contributed by atoms with Crippen LogP contribution in [0.5, 0.6) is 17.2 Å². The van der Waals surface area contributed by atoms with Gasteiger partial charge in [-0.1, -0.05) is 12.1 Å². The Bertz CT molecular complexity index is 930. The minimum atomic E-state index is -0.0682. The minimum absolute atomic E-state index is 0.0682. The van der Waals surface area contributed by atoms with Crippen LogP contribution in [-0.2, 0) is 13.7 Å². The van der Waals surface area contributed by atoms with Crippen LogP contribution in [0.3, 0.4) is 0 Å². The van der Waals surface area contributed by atoms with Gasteiger partial charge in [0.25, 0.3) is 5.56 Å². The Morgan fingerprint density at radius 3 is 2.58 bits per heavy atom. The first-order valence-electron chi connectivity index (χ1n) is 7.55. The molecule has 1 heterocycles. The molecule has 0 saturated carbocycles. The van der Waals surface area contributed by atoms with E-state index in [9.17, 15) is 4.79 Å². The molecule has 0 aliphatic heterocycles. The third-order valence-corrected chi connectivity index (χ3v) is 3.89. The average Bonchev–Trinajstić information content (AvgIpc) is 2.62. The topological polar surface area (TPSA) is 49.7 Å². The van der Waals surface area contributed by atoms with Crippen molar-refractivity contribution in [3.63, 3.8) is 0 Å². The summed E-state index contributed by atoms with van der Waals surface area (Å²) in [5.41, 5.74) is 0.902. The lowest BCUT2D eigenvalue weighted by Crippen LogP contribution is -2.15. The summed E-state index contributed by atoms with van der Waals surface area (Å²) in [5.74, 6) is 1.91. The first-order chi connectivity index (χ1) is 11.6. The Balaban J connectivity index is 1.95. The molecule has 0 amide bonds. The zero-order valence-corrected chi connectivity index (χ0v) is 13.9. The van der Waals surface area contributed by atoms with Gasteiger partial charge in [0, 0.05) is 13.2 Å². The van der Waals surface area contributed by atoms with Gasteiger partial charge in [-0.05, 0) is 41.3 Å². The predicted molar refractivity (Wildman–Crippen MR) is 93.1 cm³/mol. The third-order valence-electron chi connectivity index (χ3n) is 3.89. The van der Waals surface area contributed by atoms with Crippen LogP contribution in [0.1, 0.15) is 5.56 Å². The molecule has 3 aromatic rings. The average molecular weight is 325 g/mol. The fourth-order valence-corrected chi connectivity index (χ4v) is 2.54. The van der Waals surface area contributed by atoms with E-state index < -0.39 is 0 Å². The number of fused-ring (bicyclic) bond motifs is 1. The molecule has 0 saturated heterocycles. The van der Waals surface area contributed by atoms with Crippen LogP contribution in [0.4, 0.5) is 0 Å². The van der Waals surface area contributed by atoms with Crippen LogP contribution >= 0.6 is 0 Å². The van der Waals surface area contributed by atoms with Crippen molar-refractivity contribution in [2.24, 2.45) is 7.05 Å². The van der Waals surface area contributed by atoms with Crippen molar-refractivity contribution in [1.82, 2.24) is 4.57 Å². The molecular formula is C19H19NO4. The molecule has 0 fully saturated rings. The van der Waals surface area contributed by atoms with Crippen LogP contribution in [0.15, 0.2) is 53.5 Å². The molecule has 0 N–H and O–H groups in total. The maximum atomic E-state index is 12.3. The lowest BCUT2D eigenvalue weighted by atomic mass is 10.1. The number of aromatic nitrogens is 1. The van der Waals surface area contributed by atoms with Crippen molar-refractivity contribution in [2.45, 2.75) is 6.61 Å². The number of benzene rings is 2. The summed E-state index contributed by atoms with van der Waals surface area (Å²) in [7, 11) is 4.94. The number of ether oxygens (including phenoxy) is 3. The van der Waals surface area contributed by atoms with Gasteiger partial charge in [-0.2, -0.15) is 0 Å². The van der Waals surface area contributed by atoms with Gasteiger partial charge in [-0.3, -0.25) is 4.79 Å². The molecule has 2 aromatic carbocycles. The van der Waals surface area contributed by atoms with Gasteiger partial charge in [-0.15, -0.1) is 0 Å². The van der Waals surface area contributed by atoms with E-state index in [0.717, 1.165) is 16.7 Å². The Labute approximate surface area is 140 Å². The van der Waals surface area contributed by atoms with Crippen molar-refractivity contribution >= 4 is 10.8 Å². The molecule has 0 spiro atoms.